The first-order chi connectivity index (χ1) is 7.20. The van der Waals surface area contributed by atoms with E-state index in [1.54, 1.807) is 0 Å². The molecule has 1 heterocycles. The standard InChI is InChI=1S/C9H8F3NO/c10-9(11,12)8(14)5-13-7-4-2-1-3-6(7)8/h1-4,13-14H,5H2/i5D2. The van der Waals surface area contributed by atoms with E-state index >= 15 is 0 Å². The van der Waals surface area contributed by atoms with Crippen LogP contribution in [0.25, 0.3) is 0 Å². The van der Waals surface area contributed by atoms with Crippen LogP contribution in [-0.2, 0) is 5.60 Å². The Labute approximate surface area is 81.2 Å². The number of alkyl halides is 3. The lowest BCUT2D eigenvalue weighted by Gasteiger charge is -2.25. The summed E-state index contributed by atoms with van der Waals surface area (Å²) >= 11 is 0. The third kappa shape index (κ3) is 1.09. The Hall–Kier alpha value is -1.23. The van der Waals surface area contributed by atoms with Crippen molar-refractivity contribution in [1.82, 2.24) is 0 Å². The van der Waals surface area contributed by atoms with Crippen molar-refractivity contribution in [3.05, 3.63) is 29.8 Å². The van der Waals surface area contributed by atoms with E-state index in [4.69, 9.17) is 2.74 Å². The largest absolute Gasteiger partial charge is 0.423 e. The predicted octanol–water partition coefficient (Wildman–Crippen LogP) is 1.86. The van der Waals surface area contributed by atoms with Gasteiger partial charge >= 0.3 is 6.18 Å². The summed E-state index contributed by atoms with van der Waals surface area (Å²) in [4.78, 5) is 0. The van der Waals surface area contributed by atoms with Crippen LogP contribution in [-0.4, -0.2) is 17.8 Å². The van der Waals surface area contributed by atoms with E-state index in [0.29, 0.717) is 0 Å². The summed E-state index contributed by atoms with van der Waals surface area (Å²) in [6.45, 7) is -2.98. The zero-order valence-corrected chi connectivity index (χ0v) is 6.89. The Morgan fingerprint density at radius 2 is 2.07 bits per heavy atom. The molecule has 0 saturated carbocycles. The molecule has 5 heteroatoms. The van der Waals surface area contributed by atoms with E-state index in [-0.39, 0.29) is 5.69 Å². The predicted molar refractivity (Wildman–Crippen MR) is 44.9 cm³/mol. The number of benzene rings is 1. The molecule has 2 N–H and O–H groups in total. The second kappa shape index (κ2) is 2.63. The average molecular weight is 205 g/mol. The molecule has 0 bridgehead atoms. The monoisotopic (exact) mass is 205 g/mol. The lowest BCUT2D eigenvalue weighted by Crippen LogP contribution is -2.43. The van der Waals surface area contributed by atoms with Gasteiger partial charge in [0, 0.05) is 11.3 Å². The van der Waals surface area contributed by atoms with Gasteiger partial charge < -0.3 is 10.4 Å². The molecule has 0 fully saturated rings. The molecule has 1 aliphatic heterocycles. The van der Waals surface area contributed by atoms with Gasteiger partial charge in [-0.2, -0.15) is 13.2 Å². The maximum atomic E-state index is 12.8. The fourth-order valence-electron chi connectivity index (χ4n) is 1.36. The number of rotatable bonds is 0. The molecular formula is C9H8F3NO. The van der Waals surface area contributed by atoms with Crippen LogP contribution in [0.5, 0.6) is 0 Å². The van der Waals surface area contributed by atoms with Crippen LogP contribution in [0.2, 0.25) is 0 Å². The van der Waals surface area contributed by atoms with Crippen LogP contribution in [0.3, 0.4) is 0 Å². The molecule has 0 radical (unpaired) electrons. The normalized spacial score (nSPS) is 31.4. The van der Waals surface area contributed by atoms with Gasteiger partial charge in [0.1, 0.15) is 0 Å². The fraction of sp³-hybridized carbons (Fsp3) is 0.333. The molecule has 1 atom stereocenters. The quantitative estimate of drug-likeness (QED) is 0.677. The van der Waals surface area contributed by atoms with Crippen molar-refractivity contribution in [3.8, 4) is 0 Å². The topological polar surface area (TPSA) is 32.3 Å². The molecule has 1 aliphatic rings. The minimum Gasteiger partial charge on any atom is -0.381 e. The molecule has 1 aromatic rings. The highest BCUT2D eigenvalue weighted by Crippen LogP contribution is 2.45. The van der Waals surface area contributed by atoms with Crippen LogP contribution in [0.15, 0.2) is 24.3 Å². The summed E-state index contributed by atoms with van der Waals surface area (Å²) in [5.74, 6) is 0. The summed E-state index contributed by atoms with van der Waals surface area (Å²) in [5, 5.41) is 11.7. The summed E-state index contributed by atoms with van der Waals surface area (Å²) in [6, 6.07) is 5.13. The summed E-state index contributed by atoms with van der Waals surface area (Å²) in [5.41, 5.74) is -4.06. The molecule has 0 spiro atoms. The summed E-state index contributed by atoms with van der Waals surface area (Å²) < 4.78 is 52.9. The summed E-state index contributed by atoms with van der Waals surface area (Å²) in [6.07, 6.45) is -5.09. The first kappa shape index (κ1) is 7.11. The molecule has 76 valence electrons. The van der Waals surface area contributed by atoms with E-state index in [1.165, 1.54) is 18.2 Å². The number of para-hydroxylation sites is 1. The molecular weight excluding hydrogens is 195 g/mol. The molecule has 2 rings (SSSR count). The van der Waals surface area contributed by atoms with E-state index in [9.17, 15) is 18.3 Å². The SMILES string of the molecule is [2H]C1([2H])Nc2ccccc2C1(O)C(F)(F)F. The highest BCUT2D eigenvalue weighted by Gasteiger charge is 2.58. The van der Waals surface area contributed by atoms with Crippen LogP contribution in [0.1, 0.15) is 8.30 Å². The van der Waals surface area contributed by atoms with Crippen molar-refractivity contribution in [2.45, 2.75) is 11.8 Å². The fourth-order valence-corrected chi connectivity index (χ4v) is 1.36. The second-order valence-electron chi connectivity index (χ2n) is 3.00. The maximum Gasteiger partial charge on any atom is 0.423 e. The van der Waals surface area contributed by atoms with Gasteiger partial charge in [0.15, 0.2) is 0 Å². The van der Waals surface area contributed by atoms with Gasteiger partial charge in [0.05, 0.1) is 9.24 Å². The number of β-amino-alcohol motifs (C(OH)–C–C–N with tert-alkyl or cyclic N) is 1. The van der Waals surface area contributed by atoms with Crippen molar-refractivity contribution < 1.29 is 21.0 Å². The first-order valence-corrected chi connectivity index (χ1v) is 3.87. The molecule has 0 aromatic heterocycles. The number of hydrogen-bond donors (Lipinski definition) is 2. The Bertz CT molecular complexity index is 435. The molecule has 1 aromatic carbocycles. The van der Waals surface area contributed by atoms with Gasteiger partial charge in [0.2, 0.25) is 5.60 Å². The zero-order valence-electron chi connectivity index (χ0n) is 8.89. The lowest BCUT2D eigenvalue weighted by atomic mass is 9.96. The van der Waals surface area contributed by atoms with Crippen molar-refractivity contribution >= 4 is 5.69 Å². The first-order valence-electron chi connectivity index (χ1n) is 4.87. The van der Waals surface area contributed by atoms with Gasteiger partial charge in [-0.05, 0) is 6.07 Å². The van der Waals surface area contributed by atoms with Gasteiger partial charge in [-0.1, -0.05) is 18.2 Å². The van der Waals surface area contributed by atoms with Gasteiger partial charge in [-0.3, -0.25) is 0 Å². The number of hydrogen-bond acceptors (Lipinski definition) is 2. The molecule has 0 amide bonds. The van der Waals surface area contributed by atoms with Crippen molar-refractivity contribution in [1.29, 1.82) is 0 Å². The van der Waals surface area contributed by atoms with Crippen LogP contribution in [0.4, 0.5) is 18.9 Å². The van der Waals surface area contributed by atoms with Crippen molar-refractivity contribution in [3.63, 3.8) is 0 Å². The molecule has 0 aliphatic carbocycles. The second-order valence-corrected chi connectivity index (χ2v) is 3.00. The third-order valence-electron chi connectivity index (χ3n) is 2.11. The van der Waals surface area contributed by atoms with Crippen LogP contribution in [0, 0.1) is 0 Å². The molecule has 0 saturated heterocycles. The van der Waals surface area contributed by atoms with E-state index < -0.39 is 23.8 Å². The van der Waals surface area contributed by atoms with E-state index in [1.807, 2.05) is 5.32 Å². The molecule has 14 heavy (non-hydrogen) atoms. The van der Waals surface area contributed by atoms with Crippen molar-refractivity contribution in [2.24, 2.45) is 0 Å². The van der Waals surface area contributed by atoms with Crippen molar-refractivity contribution in [2.75, 3.05) is 11.8 Å². The minimum absolute atomic E-state index is 0.0488. The summed E-state index contributed by atoms with van der Waals surface area (Å²) in [7, 11) is 0. The Kier molecular flexibility index (Phi) is 1.34. The zero-order chi connectivity index (χ0) is 12.2. The number of nitrogens with one attached hydrogen (secondary N) is 1. The van der Waals surface area contributed by atoms with Gasteiger partial charge in [0.25, 0.3) is 0 Å². The Morgan fingerprint density at radius 3 is 2.71 bits per heavy atom. The van der Waals surface area contributed by atoms with E-state index in [0.717, 1.165) is 6.07 Å². The molecule has 1 unspecified atom stereocenters. The lowest BCUT2D eigenvalue weighted by molar-refractivity contribution is -0.258. The van der Waals surface area contributed by atoms with Gasteiger partial charge in [-0.25, -0.2) is 0 Å². The minimum atomic E-state index is -5.09. The number of halogens is 3. The maximum absolute atomic E-state index is 12.8. The Morgan fingerprint density at radius 1 is 1.43 bits per heavy atom. The highest BCUT2D eigenvalue weighted by atomic mass is 19.4. The number of anilines is 1. The average Bonchev–Trinajstić information content (AvgIpc) is 2.35. The Balaban J connectivity index is 2.68. The number of fused-ring (bicyclic) bond motifs is 1. The van der Waals surface area contributed by atoms with Crippen LogP contribution >= 0.6 is 0 Å². The van der Waals surface area contributed by atoms with Gasteiger partial charge in [-0.15, -0.1) is 0 Å². The smallest absolute Gasteiger partial charge is 0.381 e. The van der Waals surface area contributed by atoms with E-state index in [2.05, 4.69) is 0 Å². The highest BCUT2D eigenvalue weighted by molar-refractivity contribution is 5.59. The van der Waals surface area contributed by atoms with Crippen LogP contribution < -0.4 is 5.32 Å². The molecule has 2 nitrogen and oxygen atoms in total. The third-order valence-corrected chi connectivity index (χ3v) is 2.11. The number of aliphatic hydroxyl groups is 1.